The molecular weight excluding hydrogens is 356 g/mol. The molecule has 0 radical (unpaired) electrons. The third-order valence-corrected chi connectivity index (χ3v) is 3.81. The average molecular weight is 369 g/mol. The van der Waals surface area contributed by atoms with Crippen molar-refractivity contribution < 1.29 is 9.59 Å². The maximum atomic E-state index is 12.0. The molecule has 0 aliphatic carbocycles. The molecule has 3 rings (SSSR count). The number of nitrogens with zero attached hydrogens (tertiary/aromatic N) is 1. The Labute approximate surface area is 152 Å². The Morgan fingerprint density at radius 3 is 2.58 bits per heavy atom. The second kappa shape index (κ2) is 7.62. The minimum atomic E-state index is -0.988. The number of para-hydroxylation sites is 2. The van der Waals surface area contributed by atoms with Gasteiger partial charge in [-0.2, -0.15) is 5.10 Å². The maximum Gasteiger partial charge on any atom is 0.329 e. The van der Waals surface area contributed by atoms with Crippen LogP contribution in [0.3, 0.4) is 0 Å². The van der Waals surface area contributed by atoms with Gasteiger partial charge in [0.1, 0.15) is 0 Å². The monoisotopic (exact) mass is 368 g/mol. The number of rotatable bonds is 3. The van der Waals surface area contributed by atoms with Gasteiger partial charge in [-0.25, -0.2) is 5.43 Å². The molecule has 2 amide bonds. The smallest absolute Gasteiger partial charge is 0.321 e. The first-order valence-electron chi connectivity index (χ1n) is 7.55. The van der Waals surface area contributed by atoms with Gasteiger partial charge in [-0.3, -0.25) is 14.4 Å². The summed E-state index contributed by atoms with van der Waals surface area (Å²) >= 11 is 5.91. The molecule has 1 aromatic heterocycles. The van der Waals surface area contributed by atoms with Gasteiger partial charge in [-0.1, -0.05) is 41.9 Å². The van der Waals surface area contributed by atoms with Crippen molar-refractivity contribution in [2.75, 3.05) is 5.32 Å². The zero-order valence-corrected chi connectivity index (χ0v) is 14.1. The topological polar surface area (TPSA) is 103 Å². The number of hydrogen-bond acceptors (Lipinski definition) is 4. The fourth-order valence-electron chi connectivity index (χ4n) is 2.21. The van der Waals surface area contributed by atoms with E-state index in [1.807, 2.05) is 18.2 Å². The zero-order chi connectivity index (χ0) is 18.5. The molecule has 130 valence electrons. The molecule has 8 heteroatoms. The Morgan fingerprint density at radius 1 is 1.04 bits per heavy atom. The van der Waals surface area contributed by atoms with Crippen LogP contribution in [0.15, 0.2) is 64.5 Å². The molecule has 0 atom stereocenters. The molecular formula is C18H13ClN4O3. The van der Waals surface area contributed by atoms with E-state index in [4.69, 9.17) is 11.6 Å². The SMILES string of the molecule is O=C(N/N=C\c1cc2ccccc2[nH]c1=O)C(=O)Nc1ccccc1Cl. The van der Waals surface area contributed by atoms with E-state index < -0.39 is 11.8 Å². The molecule has 0 bridgehead atoms. The molecule has 0 fully saturated rings. The van der Waals surface area contributed by atoms with E-state index >= 15 is 0 Å². The molecule has 1 heterocycles. The first-order chi connectivity index (χ1) is 12.5. The molecule has 0 unspecified atom stereocenters. The summed E-state index contributed by atoms with van der Waals surface area (Å²) in [6.07, 6.45) is 1.17. The molecule has 3 aromatic rings. The van der Waals surface area contributed by atoms with Crippen LogP contribution in [0.1, 0.15) is 5.56 Å². The van der Waals surface area contributed by atoms with E-state index in [-0.39, 0.29) is 11.1 Å². The van der Waals surface area contributed by atoms with Crippen LogP contribution >= 0.6 is 11.6 Å². The van der Waals surface area contributed by atoms with Gasteiger partial charge in [0.2, 0.25) is 0 Å². The average Bonchev–Trinajstić information content (AvgIpc) is 2.63. The van der Waals surface area contributed by atoms with Gasteiger partial charge in [0.25, 0.3) is 5.56 Å². The van der Waals surface area contributed by atoms with Crippen molar-refractivity contribution in [2.24, 2.45) is 5.10 Å². The summed E-state index contributed by atoms with van der Waals surface area (Å²) in [5.74, 6) is -1.92. The number of hydrazone groups is 1. The number of fused-ring (bicyclic) bond motifs is 1. The molecule has 2 aromatic carbocycles. The minimum absolute atomic E-state index is 0.246. The van der Waals surface area contributed by atoms with Crippen LogP contribution < -0.4 is 16.3 Å². The minimum Gasteiger partial charge on any atom is -0.321 e. The van der Waals surface area contributed by atoms with Crippen LogP contribution in [0, 0.1) is 0 Å². The predicted molar refractivity (Wildman–Crippen MR) is 100 cm³/mol. The third kappa shape index (κ3) is 3.96. The Bertz CT molecular complexity index is 1080. The summed E-state index contributed by atoms with van der Waals surface area (Å²) in [6.45, 7) is 0. The van der Waals surface area contributed by atoms with E-state index in [2.05, 4.69) is 20.8 Å². The van der Waals surface area contributed by atoms with Crippen molar-refractivity contribution in [3.05, 3.63) is 75.5 Å². The Balaban J connectivity index is 1.67. The number of H-pyrrole nitrogens is 1. The number of benzene rings is 2. The summed E-state index contributed by atoms with van der Waals surface area (Å²) < 4.78 is 0. The van der Waals surface area contributed by atoms with E-state index in [1.54, 1.807) is 36.4 Å². The lowest BCUT2D eigenvalue weighted by Crippen LogP contribution is -2.32. The first kappa shape index (κ1) is 17.4. The van der Waals surface area contributed by atoms with Crippen LogP contribution in [0.5, 0.6) is 0 Å². The number of amides is 2. The van der Waals surface area contributed by atoms with E-state index in [9.17, 15) is 14.4 Å². The second-order valence-corrected chi connectivity index (χ2v) is 5.68. The van der Waals surface area contributed by atoms with Gasteiger partial charge in [0, 0.05) is 5.52 Å². The highest BCUT2D eigenvalue weighted by Crippen LogP contribution is 2.20. The van der Waals surface area contributed by atoms with E-state index in [0.29, 0.717) is 16.2 Å². The summed E-state index contributed by atoms with van der Waals surface area (Å²) in [7, 11) is 0. The highest BCUT2D eigenvalue weighted by molar-refractivity contribution is 6.41. The van der Waals surface area contributed by atoms with Crippen molar-refractivity contribution in [1.82, 2.24) is 10.4 Å². The summed E-state index contributed by atoms with van der Waals surface area (Å²) in [5, 5.41) is 7.15. The molecule has 26 heavy (non-hydrogen) atoms. The lowest BCUT2D eigenvalue weighted by atomic mass is 10.2. The van der Waals surface area contributed by atoms with Crippen LogP contribution in [-0.2, 0) is 9.59 Å². The summed E-state index contributed by atoms with van der Waals surface area (Å²) in [5.41, 5.74) is 2.96. The quantitative estimate of drug-likeness (QED) is 0.375. The van der Waals surface area contributed by atoms with Gasteiger partial charge in [0.15, 0.2) is 0 Å². The van der Waals surface area contributed by atoms with Crippen molar-refractivity contribution in [2.45, 2.75) is 0 Å². The van der Waals surface area contributed by atoms with Gasteiger partial charge < -0.3 is 10.3 Å². The lowest BCUT2D eigenvalue weighted by molar-refractivity contribution is -0.136. The van der Waals surface area contributed by atoms with E-state index in [0.717, 1.165) is 5.39 Å². The highest BCUT2D eigenvalue weighted by Gasteiger charge is 2.14. The van der Waals surface area contributed by atoms with Gasteiger partial charge in [0.05, 0.1) is 22.5 Å². The number of hydrogen-bond donors (Lipinski definition) is 3. The van der Waals surface area contributed by atoms with Crippen molar-refractivity contribution >= 4 is 46.2 Å². The highest BCUT2D eigenvalue weighted by atomic mass is 35.5. The Kier molecular flexibility index (Phi) is 5.09. The molecule has 0 aliphatic heterocycles. The maximum absolute atomic E-state index is 12.0. The lowest BCUT2D eigenvalue weighted by Gasteiger charge is -2.05. The number of anilines is 1. The van der Waals surface area contributed by atoms with Crippen LogP contribution in [0.4, 0.5) is 5.69 Å². The number of pyridine rings is 1. The zero-order valence-electron chi connectivity index (χ0n) is 13.3. The van der Waals surface area contributed by atoms with Crippen LogP contribution in [0.25, 0.3) is 10.9 Å². The molecule has 3 N–H and O–H groups in total. The standard InChI is InChI=1S/C18H13ClN4O3/c19-13-6-2-4-8-15(13)22-17(25)18(26)23-20-10-12-9-11-5-1-3-7-14(11)21-16(12)24/h1-10H,(H,21,24)(H,22,25)(H,23,26)/b20-10-. The first-order valence-corrected chi connectivity index (χ1v) is 7.93. The molecule has 0 aliphatic rings. The second-order valence-electron chi connectivity index (χ2n) is 5.27. The molecule has 7 nitrogen and oxygen atoms in total. The number of carbonyl (C=O) groups excluding carboxylic acids is 2. The van der Waals surface area contributed by atoms with Crippen molar-refractivity contribution in [1.29, 1.82) is 0 Å². The fourth-order valence-corrected chi connectivity index (χ4v) is 2.40. The normalized spacial score (nSPS) is 10.8. The van der Waals surface area contributed by atoms with Gasteiger partial charge in [-0.15, -0.1) is 0 Å². The summed E-state index contributed by atoms with van der Waals surface area (Å²) in [4.78, 5) is 38.3. The van der Waals surface area contributed by atoms with Gasteiger partial charge in [-0.05, 0) is 29.7 Å². The predicted octanol–water partition coefficient (Wildman–Crippen LogP) is 2.27. The largest absolute Gasteiger partial charge is 0.329 e. The fraction of sp³-hybridized carbons (Fsp3) is 0. The number of halogens is 1. The Hall–Kier alpha value is -3.45. The summed E-state index contributed by atoms with van der Waals surface area (Å²) in [6, 6.07) is 15.4. The number of carbonyl (C=O) groups is 2. The number of nitrogens with one attached hydrogen (secondary N) is 3. The van der Waals surface area contributed by atoms with Crippen molar-refractivity contribution in [3.8, 4) is 0 Å². The molecule has 0 saturated heterocycles. The van der Waals surface area contributed by atoms with Gasteiger partial charge >= 0.3 is 11.8 Å². The van der Waals surface area contributed by atoms with Crippen molar-refractivity contribution in [3.63, 3.8) is 0 Å². The van der Waals surface area contributed by atoms with Crippen LogP contribution in [0.2, 0.25) is 5.02 Å². The molecule has 0 spiro atoms. The molecule has 0 saturated carbocycles. The number of aromatic nitrogens is 1. The Morgan fingerprint density at radius 2 is 1.77 bits per heavy atom. The van der Waals surface area contributed by atoms with Crippen LogP contribution in [-0.4, -0.2) is 23.0 Å². The van der Waals surface area contributed by atoms with E-state index in [1.165, 1.54) is 6.21 Å². The third-order valence-electron chi connectivity index (χ3n) is 3.48. The number of aromatic amines is 1.